The standard InChI is InChI=1S/C24H32N2O2/c1-25-22-7-5-18(17-9-13-28-14-10-17)15-20(22)21-16-19(6-8-23(21)25)24(27)26-11-3-2-4-12-26/h6,8,16-18H,2-5,7,9-15H2,1H3/t18-/m1/s1. The van der Waals surface area contributed by atoms with Crippen molar-refractivity contribution in [3.8, 4) is 0 Å². The maximum absolute atomic E-state index is 13.0. The van der Waals surface area contributed by atoms with Crippen molar-refractivity contribution in [1.82, 2.24) is 9.47 Å². The van der Waals surface area contributed by atoms with Crippen LogP contribution in [0.15, 0.2) is 18.2 Å². The number of fused-ring (bicyclic) bond motifs is 3. The minimum Gasteiger partial charge on any atom is -0.381 e. The zero-order chi connectivity index (χ0) is 19.1. The van der Waals surface area contributed by atoms with Gasteiger partial charge in [0.25, 0.3) is 5.91 Å². The fraction of sp³-hybridized carbons (Fsp3) is 0.625. The molecule has 0 spiro atoms. The lowest BCUT2D eigenvalue weighted by Gasteiger charge is -2.33. The normalized spacial score (nSPS) is 23.8. The fourth-order valence-corrected chi connectivity index (χ4v) is 5.81. The smallest absolute Gasteiger partial charge is 0.253 e. The topological polar surface area (TPSA) is 34.5 Å². The molecular weight excluding hydrogens is 348 g/mol. The van der Waals surface area contributed by atoms with Gasteiger partial charge in [-0.25, -0.2) is 0 Å². The van der Waals surface area contributed by atoms with Crippen LogP contribution in [0.2, 0.25) is 0 Å². The van der Waals surface area contributed by atoms with Crippen molar-refractivity contribution < 1.29 is 9.53 Å². The van der Waals surface area contributed by atoms with Crippen LogP contribution in [-0.4, -0.2) is 41.7 Å². The van der Waals surface area contributed by atoms with E-state index in [1.807, 2.05) is 11.0 Å². The van der Waals surface area contributed by atoms with Crippen molar-refractivity contribution in [2.75, 3.05) is 26.3 Å². The molecule has 0 saturated carbocycles. The highest BCUT2D eigenvalue weighted by Crippen LogP contribution is 2.39. The van der Waals surface area contributed by atoms with Crippen LogP contribution in [0, 0.1) is 11.8 Å². The number of ether oxygens (including phenoxy) is 1. The molecule has 3 heterocycles. The van der Waals surface area contributed by atoms with E-state index in [0.29, 0.717) is 0 Å². The molecule has 1 aromatic carbocycles. The van der Waals surface area contributed by atoms with E-state index in [-0.39, 0.29) is 5.91 Å². The van der Waals surface area contributed by atoms with Crippen LogP contribution >= 0.6 is 0 Å². The van der Waals surface area contributed by atoms with Crippen LogP contribution in [0.25, 0.3) is 10.9 Å². The summed E-state index contributed by atoms with van der Waals surface area (Å²) in [5.41, 5.74) is 5.15. The number of rotatable bonds is 2. The van der Waals surface area contributed by atoms with E-state index in [1.54, 1.807) is 0 Å². The number of hydrogen-bond donors (Lipinski definition) is 0. The molecule has 2 saturated heterocycles. The molecule has 4 heteroatoms. The van der Waals surface area contributed by atoms with Crippen LogP contribution in [0.3, 0.4) is 0 Å². The Hall–Kier alpha value is -1.81. The molecule has 150 valence electrons. The van der Waals surface area contributed by atoms with Crippen LogP contribution < -0.4 is 0 Å². The number of carbonyl (C=O) groups is 1. The molecule has 1 aliphatic carbocycles. The quantitative estimate of drug-likeness (QED) is 0.777. The van der Waals surface area contributed by atoms with Crippen LogP contribution in [0.1, 0.15) is 60.1 Å². The van der Waals surface area contributed by atoms with E-state index in [0.717, 1.165) is 63.0 Å². The molecule has 4 nitrogen and oxygen atoms in total. The third kappa shape index (κ3) is 3.16. The van der Waals surface area contributed by atoms with E-state index >= 15 is 0 Å². The SMILES string of the molecule is Cn1c2c(c3cc(C(=O)N4CCCCC4)ccc31)C[C@H](C1CCOCC1)CC2. The summed E-state index contributed by atoms with van der Waals surface area (Å²) >= 11 is 0. The molecule has 0 unspecified atom stereocenters. The Labute approximate surface area is 167 Å². The number of piperidine rings is 1. The van der Waals surface area contributed by atoms with Gasteiger partial charge in [-0.05, 0) is 87.0 Å². The minimum absolute atomic E-state index is 0.219. The Balaban J connectivity index is 1.47. The summed E-state index contributed by atoms with van der Waals surface area (Å²) in [4.78, 5) is 15.1. The summed E-state index contributed by atoms with van der Waals surface area (Å²) < 4.78 is 7.96. The zero-order valence-electron chi connectivity index (χ0n) is 17.1. The van der Waals surface area contributed by atoms with Crippen LogP contribution in [0.5, 0.6) is 0 Å². The maximum atomic E-state index is 13.0. The largest absolute Gasteiger partial charge is 0.381 e. The third-order valence-corrected chi connectivity index (χ3v) is 7.48. The average molecular weight is 381 g/mol. The number of likely N-dealkylation sites (tertiary alicyclic amines) is 1. The van der Waals surface area contributed by atoms with Crippen molar-refractivity contribution >= 4 is 16.8 Å². The summed E-state index contributed by atoms with van der Waals surface area (Å²) in [5.74, 6) is 1.79. The average Bonchev–Trinajstić information content (AvgIpc) is 3.05. The number of hydrogen-bond acceptors (Lipinski definition) is 2. The van der Waals surface area contributed by atoms with Gasteiger partial charge in [-0.15, -0.1) is 0 Å². The van der Waals surface area contributed by atoms with Crippen LogP contribution in [-0.2, 0) is 24.6 Å². The first-order chi connectivity index (χ1) is 13.7. The lowest BCUT2D eigenvalue weighted by atomic mass is 9.75. The van der Waals surface area contributed by atoms with E-state index in [4.69, 9.17) is 4.74 Å². The molecule has 2 aromatic rings. The minimum atomic E-state index is 0.219. The Morgan fingerprint density at radius 3 is 2.61 bits per heavy atom. The molecule has 2 aliphatic heterocycles. The second-order valence-corrected chi connectivity index (χ2v) is 9.02. The molecule has 5 rings (SSSR count). The van der Waals surface area contributed by atoms with Gasteiger partial charge >= 0.3 is 0 Å². The molecule has 0 N–H and O–H groups in total. The summed E-state index contributed by atoms with van der Waals surface area (Å²) in [6, 6.07) is 6.41. The van der Waals surface area contributed by atoms with Gasteiger partial charge in [0.15, 0.2) is 0 Å². The summed E-state index contributed by atoms with van der Waals surface area (Å²) in [5, 5.41) is 1.32. The highest BCUT2D eigenvalue weighted by Gasteiger charge is 2.31. The third-order valence-electron chi connectivity index (χ3n) is 7.48. The number of carbonyl (C=O) groups excluding carboxylic acids is 1. The first-order valence-corrected chi connectivity index (χ1v) is 11.2. The predicted molar refractivity (Wildman–Crippen MR) is 112 cm³/mol. The van der Waals surface area contributed by atoms with Crippen molar-refractivity contribution in [1.29, 1.82) is 0 Å². The Morgan fingerprint density at radius 1 is 1.04 bits per heavy atom. The van der Waals surface area contributed by atoms with Gasteiger partial charge in [-0.3, -0.25) is 4.79 Å². The molecule has 28 heavy (non-hydrogen) atoms. The van der Waals surface area contributed by atoms with Crippen molar-refractivity contribution in [2.24, 2.45) is 18.9 Å². The molecule has 1 amide bonds. The Morgan fingerprint density at radius 2 is 1.82 bits per heavy atom. The van der Waals surface area contributed by atoms with Gasteiger partial charge in [0, 0.05) is 55.5 Å². The van der Waals surface area contributed by atoms with Gasteiger partial charge in [0.05, 0.1) is 0 Å². The second-order valence-electron chi connectivity index (χ2n) is 9.02. The summed E-state index contributed by atoms with van der Waals surface area (Å²) in [6.07, 6.45) is 9.58. The van der Waals surface area contributed by atoms with Gasteiger partial charge < -0.3 is 14.2 Å². The van der Waals surface area contributed by atoms with E-state index in [9.17, 15) is 4.79 Å². The fourth-order valence-electron chi connectivity index (χ4n) is 5.81. The highest BCUT2D eigenvalue weighted by atomic mass is 16.5. The summed E-state index contributed by atoms with van der Waals surface area (Å²) in [7, 11) is 2.20. The van der Waals surface area contributed by atoms with E-state index in [2.05, 4.69) is 23.7 Å². The predicted octanol–water partition coefficient (Wildman–Crippen LogP) is 4.34. The van der Waals surface area contributed by atoms with Gasteiger partial charge in [0.2, 0.25) is 0 Å². The molecule has 0 radical (unpaired) electrons. The van der Waals surface area contributed by atoms with E-state index in [1.165, 1.54) is 54.3 Å². The number of amides is 1. The molecule has 1 atom stereocenters. The van der Waals surface area contributed by atoms with Crippen molar-refractivity contribution in [3.63, 3.8) is 0 Å². The number of nitrogens with zero attached hydrogens (tertiary/aromatic N) is 2. The number of aryl methyl sites for hydroxylation is 1. The van der Waals surface area contributed by atoms with Gasteiger partial charge in [0.1, 0.15) is 0 Å². The number of aromatic nitrogens is 1. The summed E-state index contributed by atoms with van der Waals surface area (Å²) in [6.45, 7) is 3.68. The Kier molecular flexibility index (Phi) is 4.92. The van der Waals surface area contributed by atoms with Crippen molar-refractivity contribution in [3.05, 3.63) is 35.0 Å². The molecule has 0 bridgehead atoms. The first kappa shape index (κ1) is 18.2. The molecule has 3 aliphatic rings. The zero-order valence-corrected chi connectivity index (χ0v) is 17.1. The monoisotopic (exact) mass is 380 g/mol. The molecule has 1 aromatic heterocycles. The second kappa shape index (κ2) is 7.55. The van der Waals surface area contributed by atoms with E-state index < -0.39 is 0 Å². The van der Waals surface area contributed by atoms with Gasteiger partial charge in [-0.1, -0.05) is 0 Å². The maximum Gasteiger partial charge on any atom is 0.253 e. The Bertz CT molecular complexity index is 872. The van der Waals surface area contributed by atoms with Crippen molar-refractivity contribution in [2.45, 2.75) is 51.4 Å². The van der Waals surface area contributed by atoms with Gasteiger partial charge in [-0.2, -0.15) is 0 Å². The molecular formula is C24H32N2O2. The van der Waals surface area contributed by atoms with Crippen LogP contribution in [0.4, 0.5) is 0 Å². The highest BCUT2D eigenvalue weighted by molar-refractivity contribution is 5.99. The lowest BCUT2D eigenvalue weighted by molar-refractivity contribution is 0.0439. The first-order valence-electron chi connectivity index (χ1n) is 11.2. The molecule has 2 fully saturated rings. The lowest BCUT2D eigenvalue weighted by Crippen LogP contribution is -2.35. The number of benzene rings is 1.